The molecule has 102 valence electrons. The van der Waals surface area contributed by atoms with E-state index in [-0.39, 0.29) is 6.42 Å². The number of nitrogens with one attached hydrogen (secondary N) is 1. The summed E-state index contributed by atoms with van der Waals surface area (Å²) in [5.41, 5.74) is 1.94. The Bertz CT molecular complexity index is 581. The quantitative estimate of drug-likeness (QED) is 0.796. The number of carboxylic acids is 1. The van der Waals surface area contributed by atoms with Crippen LogP contribution in [0.3, 0.4) is 0 Å². The van der Waals surface area contributed by atoms with Crippen LogP contribution in [-0.2, 0) is 4.79 Å². The van der Waals surface area contributed by atoms with Gasteiger partial charge in [0.25, 0.3) is 0 Å². The molecule has 2 rings (SSSR count). The van der Waals surface area contributed by atoms with E-state index in [0.29, 0.717) is 11.8 Å². The van der Waals surface area contributed by atoms with E-state index in [9.17, 15) is 4.79 Å². The molecule has 6 heteroatoms. The van der Waals surface area contributed by atoms with E-state index in [2.05, 4.69) is 24.1 Å². The molecule has 1 heterocycles. The van der Waals surface area contributed by atoms with Gasteiger partial charge in [0.2, 0.25) is 0 Å². The number of anilines is 1. The lowest BCUT2D eigenvalue weighted by molar-refractivity contribution is -0.136. The normalized spacial score (nSPS) is 11.1. The molecule has 0 bridgehead atoms. The van der Waals surface area contributed by atoms with Crippen molar-refractivity contribution >= 4 is 45.0 Å². The first-order valence-electron chi connectivity index (χ1n) is 6.07. The lowest BCUT2D eigenvalue weighted by atomic mass is 10.3. The Hall–Kier alpha value is -1.27. The van der Waals surface area contributed by atoms with Crippen molar-refractivity contribution in [2.45, 2.75) is 29.9 Å². The van der Waals surface area contributed by atoms with Crippen molar-refractivity contribution in [1.82, 2.24) is 4.98 Å². The second kappa shape index (κ2) is 6.25. The Kier molecular flexibility index (Phi) is 4.66. The Morgan fingerprint density at radius 1 is 1.53 bits per heavy atom. The zero-order valence-corrected chi connectivity index (χ0v) is 12.5. The maximum Gasteiger partial charge on any atom is 0.305 e. The van der Waals surface area contributed by atoms with Crippen molar-refractivity contribution in [3.8, 4) is 0 Å². The molecule has 0 spiro atoms. The van der Waals surface area contributed by atoms with Crippen LogP contribution in [-0.4, -0.2) is 27.9 Å². The van der Waals surface area contributed by atoms with Crippen LogP contribution in [0.15, 0.2) is 22.5 Å². The molecular weight excluding hydrogens is 280 g/mol. The number of rotatable bonds is 6. The van der Waals surface area contributed by atoms with Crippen molar-refractivity contribution in [3.05, 3.63) is 18.2 Å². The fraction of sp³-hybridized carbons (Fsp3) is 0.385. The molecule has 2 aromatic rings. The number of aromatic nitrogens is 1. The van der Waals surface area contributed by atoms with E-state index < -0.39 is 5.97 Å². The fourth-order valence-electron chi connectivity index (χ4n) is 1.58. The van der Waals surface area contributed by atoms with Gasteiger partial charge in [-0.3, -0.25) is 4.79 Å². The predicted molar refractivity (Wildman–Crippen MR) is 81.4 cm³/mol. The molecule has 0 aliphatic heterocycles. The molecule has 19 heavy (non-hydrogen) atoms. The molecule has 0 amide bonds. The largest absolute Gasteiger partial charge is 0.481 e. The van der Waals surface area contributed by atoms with E-state index in [1.165, 1.54) is 0 Å². The Balaban J connectivity index is 2.09. The molecular formula is C13H16N2O2S2. The maximum atomic E-state index is 10.5. The summed E-state index contributed by atoms with van der Waals surface area (Å²) in [6, 6.07) is 5.94. The van der Waals surface area contributed by atoms with E-state index in [0.717, 1.165) is 20.2 Å². The third kappa shape index (κ3) is 4.11. The van der Waals surface area contributed by atoms with Crippen LogP contribution in [0.25, 0.3) is 10.2 Å². The standard InChI is InChI=1S/C13H16N2O2S2/c1-8(2)18-13-15-10-4-3-9(7-11(10)19-13)14-6-5-12(16)17/h3-4,7-8,14H,5-6H2,1-2H3,(H,16,17). The van der Waals surface area contributed by atoms with Gasteiger partial charge in [-0.05, 0) is 18.2 Å². The highest BCUT2D eigenvalue weighted by Crippen LogP contribution is 2.33. The molecule has 0 saturated carbocycles. The molecule has 1 aromatic carbocycles. The topological polar surface area (TPSA) is 62.2 Å². The SMILES string of the molecule is CC(C)Sc1nc2ccc(NCCC(=O)O)cc2s1. The monoisotopic (exact) mass is 296 g/mol. The Morgan fingerprint density at radius 2 is 2.32 bits per heavy atom. The van der Waals surface area contributed by atoms with Crippen molar-refractivity contribution in [2.24, 2.45) is 0 Å². The molecule has 0 aliphatic rings. The third-order valence-corrected chi connectivity index (χ3v) is 4.49. The summed E-state index contributed by atoms with van der Waals surface area (Å²) in [7, 11) is 0. The minimum atomic E-state index is -0.790. The van der Waals surface area contributed by atoms with Crippen molar-refractivity contribution in [2.75, 3.05) is 11.9 Å². The molecule has 4 nitrogen and oxygen atoms in total. The van der Waals surface area contributed by atoms with Crippen LogP contribution >= 0.6 is 23.1 Å². The fourth-order valence-corrected chi connectivity index (χ4v) is 3.91. The van der Waals surface area contributed by atoms with Crippen molar-refractivity contribution < 1.29 is 9.90 Å². The first-order valence-corrected chi connectivity index (χ1v) is 7.77. The summed E-state index contributed by atoms with van der Waals surface area (Å²) in [5.74, 6) is -0.790. The van der Waals surface area contributed by atoms with Gasteiger partial charge in [0, 0.05) is 17.5 Å². The minimum Gasteiger partial charge on any atom is -0.481 e. The minimum absolute atomic E-state index is 0.120. The lowest BCUT2D eigenvalue weighted by Gasteiger charge is -2.03. The van der Waals surface area contributed by atoms with Crippen molar-refractivity contribution in [1.29, 1.82) is 0 Å². The predicted octanol–water partition coefficient (Wildman–Crippen LogP) is 3.68. The van der Waals surface area contributed by atoms with Crippen LogP contribution in [0.2, 0.25) is 0 Å². The average Bonchev–Trinajstić information content (AvgIpc) is 2.68. The van der Waals surface area contributed by atoms with Gasteiger partial charge in [0.1, 0.15) is 0 Å². The van der Waals surface area contributed by atoms with Crippen LogP contribution in [0.1, 0.15) is 20.3 Å². The molecule has 1 aromatic heterocycles. The molecule has 0 aliphatic carbocycles. The third-order valence-electron chi connectivity index (χ3n) is 2.37. The number of thioether (sulfide) groups is 1. The summed E-state index contributed by atoms with van der Waals surface area (Å²) >= 11 is 3.44. The van der Waals surface area contributed by atoms with Gasteiger partial charge in [-0.25, -0.2) is 4.98 Å². The van der Waals surface area contributed by atoms with Gasteiger partial charge in [-0.1, -0.05) is 25.6 Å². The van der Waals surface area contributed by atoms with Gasteiger partial charge in [-0.2, -0.15) is 0 Å². The van der Waals surface area contributed by atoms with Crippen LogP contribution in [0.4, 0.5) is 5.69 Å². The van der Waals surface area contributed by atoms with Gasteiger partial charge < -0.3 is 10.4 Å². The number of hydrogen-bond donors (Lipinski definition) is 2. The summed E-state index contributed by atoms with van der Waals surface area (Å²) in [6.45, 7) is 4.73. The second-order valence-corrected chi connectivity index (χ2v) is 7.25. The summed E-state index contributed by atoms with van der Waals surface area (Å²) in [6.07, 6.45) is 0.120. The maximum absolute atomic E-state index is 10.5. The molecule has 0 unspecified atom stereocenters. The van der Waals surface area contributed by atoms with E-state index in [1.54, 1.807) is 23.1 Å². The number of fused-ring (bicyclic) bond motifs is 1. The molecule has 2 N–H and O–H groups in total. The number of thiazole rings is 1. The number of hydrogen-bond acceptors (Lipinski definition) is 5. The zero-order valence-electron chi connectivity index (χ0n) is 10.8. The number of nitrogens with zero attached hydrogens (tertiary/aromatic N) is 1. The van der Waals surface area contributed by atoms with Gasteiger partial charge in [0.05, 0.1) is 16.6 Å². The number of benzene rings is 1. The van der Waals surface area contributed by atoms with E-state index in [1.807, 2.05) is 18.2 Å². The second-order valence-electron chi connectivity index (χ2n) is 4.40. The van der Waals surface area contributed by atoms with Crippen LogP contribution in [0.5, 0.6) is 0 Å². The highest BCUT2D eigenvalue weighted by atomic mass is 32.2. The lowest BCUT2D eigenvalue weighted by Crippen LogP contribution is -2.07. The van der Waals surface area contributed by atoms with Crippen LogP contribution in [0, 0.1) is 0 Å². The summed E-state index contributed by atoms with van der Waals surface area (Å²) in [4.78, 5) is 15.0. The molecule has 0 fully saturated rings. The van der Waals surface area contributed by atoms with Gasteiger partial charge in [0.15, 0.2) is 4.34 Å². The summed E-state index contributed by atoms with van der Waals surface area (Å²) in [5, 5.41) is 12.2. The smallest absolute Gasteiger partial charge is 0.305 e. The molecule has 0 saturated heterocycles. The molecule has 0 radical (unpaired) electrons. The highest BCUT2D eigenvalue weighted by Gasteiger charge is 2.07. The van der Waals surface area contributed by atoms with Crippen LogP contribution < -0.4 is 5.32 Å². The van der Waals surface area contributed by atoms with E-state index >= 15 is 0 Å². The van der Waals surface area contributed by atoms with Crippen molar-refractivity contribution in [3.63, 3.8) is 0 Å². The first kappa shape index (κ1) is 14.1. The number of aliphatic carboxylic acids is 1. The van der Waals surface area contributed by atoms with Gasteiger partial charge >= 0.3 is 5.97 Å². The summed E-state index contributed by atoms with van der Waals surface area (Å²) < 4.78 is 2.20. The molecule has 0 atom stereocenters. The average molecular weight is 296 g/mol. The Labute approximate surface area is 120 Å². The van der Waals surface area contributed by atoms with Gasteiger partial charge in [-0.15, -0.1) is 11.3 Å². The first-order chi connectivity index (χ1) is 9.04. The Morgan fingerprint density at radius 3 is 3.00 bits per heavy atom. The number of carbonyl (C=O) groups is 1. The highest BCUT2D eigenvalue weighted by molar-refractivity contribution is 8.01. The zero-order chi connectivity index (χ0) is 13.8. The number of carboxylic acid groups (broad SMARTS) is 1. The van der Waals surface area contributed by atoms with E-state index in [4.69, 9.17) is 5.11 Å².